The van der Waals surface area contributed by atoms with E-state index in [4.69, 9.17) is 0 Å². The second-order valence-electron chi connectivity index (χ2n) is 8.22. The minimum Gasteiger partial charge on any atom is -0.324 e. The lowest BCUT2D eigenvalue weighted by Gasteiger charge is -2.18. The molecule has 0 spiro atoms. The van der Waals surface area contributed by atoms with Crippen LogP contribution in [-0.4, -0.2) is 41.5 Å². The fourth-order valence-electron chi connectivity index (χ4n) is 3.88. The molecule has 1 aliphatic rings. The van der Waals surface area contributed by atoms with Gasteiger partial charge in [0, 0.05) is 30.4 Å². The third-order valence-corrected chi connectivity index (χ3v) is 7.67. The van der Waals surface area contributed by atoms with Crippen molar-refractivity contribution in [1.82, 2.24) is 14.1 Å². The molecule has 4 rings (SSSR count). The van der Waals surface area contributed by atoms with E-state index in [0.29, 0.717) is 35.6 Å². The van der Waals surface area contributed by atoms with Gasteiger partial charge in [-0.15, -0.1) is 0 Å². The second-order valence-corrected chi connectivity index (χ2v) is 10.1. The molecule has 3 aromatic rings. The first-order chi connectivity index (χ1) is 15.7. The average molecular weight is 467 g/mol. The molecule has 1 amide bonds. The van der Waals surface area contributed by atoms with E-state index < -0.39 is 15.6 Å². The fraction of sp³-hybridized carbons (Fsp3) is 0.292. The molecule has 172 valence electrons. The van der Waals surface area contributed by atoms with E-state index in [0.717, 1.165) is 23.1 Å². The largest absolute Gasteiger partial charge is 0.324 e. The van der Waals surface area contributed by atoms with Gasteiger partial charge in [0.2, 0.25) is 15.9 Å². The summed E-state index contributed by atoms with van der Waals surface area (Å²) in [5, 5.41) is 7.09. The van der Waals surface area contributed by atoms with Crippen molar-refractivity contribution in [1.29, 1.82) is 0 Å². The van der Waals surface area contributed by atoms with Crippen molar-refractivity contribution in [2.45, 2.75) is 38.1 Å². The Morgan fingerprint density at radius 2 is 1.79 bits per heavy atom. The molecule has 1 aromatic heterocycles. The highest BCUT2D eigenvalue weighted by atomic mass is 32.2. The van der Waals surface area contributed by atoms with Crippen LogP contribution in [0.2, 0.25) is 0 Å². The number of benzene rings is 2. The molecule has 2 aromatic carbocycles. The van der Waals surface area contributed by atoms with Crippen molar-refractivity contribution >= 4 is 21.6 Å². The van der Waals surface area contributed by atoms with Gasteiger partial charge in [0.25, 0.3) is 5.56 Å². The van der Waals surface area contributed by atoms with Crippen LogP contribution >= 0.6 is 0 Å². The molecule has 33 heavy (non-hydrogen) atoms. The van der Waals surface area contributed by atoms with E-state index in [-0.39, 0.29) is 17.3 Å². The van der Waals surface area contributed by atoms with Gasteiger partial charge < -0.3 is 5.32 Å². The Morgan fingerprint density at radius 3 is 2.52 bits per heavy atom. The van der Waals surface area contributed by atoms with Gasteiger partial charge in [0.15, 0.2) is 0 Å². The summed E-state index contributed by atoms with van der Waals surface area (Å²) in [6.07, 6.45) is 1.71. The van der Waals surface area contributed by atoms with Gasteiger partial charge in [-0.1, -0.05) is 24.3 Å². The van der Waals surface area contributed by atoms with E-state index in [2.05, 4.69) is 10.4 Å². The van der Waals surface area contributed by atoms with Crippen LogP contribution < -0.4 is 10.9 Å². The van der Waals surface area contributed by atoms with Gasteiger partial charge in [-0.05, 0) is 62.1 Å². The predicted molar refractivity (Wildman–Crippen MR) is 126 cm³/mol. The zero-order chi connectivity index (χ0) is 23.6. The summed E-state index contributed by atoms with van der Waals surface area (Å²) in [5.41, 5.74) is 2.84. The van der Waals surface area contributed by atoms with Gasteiger partial charge in [-0.25, -0.2) is 13.1 Å². The number of rotatable bonds is 6. The summed E-state index contributed by atoms with van der Waals surface area (Å²) in [4.78, 5) is 25.0. The van der Waals surface area contributed by atoms with Crippen molar-refractivity contribution in [3.8, 4) is 11.3 Å². The number of anilines is 1. The van der Waals surface area contributed by atoms with Gasteiger partial charge in [0.1, 0.15) is 6.54 Å². The second kappa shape index (κ2) is 9.29. The number of sulfonamides is 1. The average Bonchev–Trinajstić information content (AvgIpc) is 3.31. The fourth-order valence-corrected chi connectivity index (χ4v) is 5.65. The Balaban J connectivity index is 1.61. The Hall–Kier alpha value is -3.30. The molecule has 0 bridgehead atoms. The summed E-state index contributed by atoms with van der Waals surface area (Å²) < 4.78 is 28.8. The zero-order valence-electron chi connectivity index (χ0n) is 18.6. The molecule has 1 fully saturated rings. The highest BCUT2D eigenvalue weighted by molar-refractivity contribution is 7.89. The Labute approximate surface area is 192 Å². The van der Waals surface area contributed by atoms with Crippen LogP contribution in [-0.2, 0) is 21.4 Å². The number of hydrogen-bond acceptors (Lipinski definition) is 5. The maximum absolute atomic E-state index is 13.1. The van der Waals surface area contributed by atoms with E-state index in [1.165, 1.54) is 16.4 Å². The molecule has 1 aliphatic heterocycles. The zero-order valence-corrected chi connectivity index (χ0v) is 19.4. The first-order valence-electron chi connectivity index (χ1n) is 10.8. The maximum Gasteiger partial charge on any atom is 0.267 e. The first-order valence-corrected chi connectivity index (χ1v) is 12.2. The monoisotopic (exact) mass is 466 g/mol. The van der Waals surface area contributed by atoms with Crippen LogP contribution in [0, 0.1) is 13.8 Å². The number of amides is 1. The van der Waals surface area contributed by atoms with Crippen molar-refractivity contribution in [3.05, 3.63) is 76.1 Å². The van der Waals surface area contributed by atoms with Gasteiger partial charge in [-0.3, -0.25) is 9.59 Å². The topological polar surface area (TPSA) is 101 Å². The molecule has 0 atom stereocenters. The SMILES string of the molecule is Cc1cccc(NC(=O)Cn2nc(-c3ccc(C)c(S(=O)(=O)N4CCCC4)c3)ccc2=O)c1. The van der Waals surface area contributed by atoms with E-state index >= 15 is 0 Å². The molecule has 8 nitrogen and oxygen atoms in total. The normalized spacial score (nSPS) is 14.4. The molecular formula is C24H26N4O4S. The third kappa shape index (κ3) is 5.04. The summed E-state index contributed by atoms with van der Waals surface area (Å²) in [6, 6.07) is 15.3. The number of nitrogens with zero attached hydrogens (tertiary/aromatic N) is 3. The Morgan fingerprint density at radius 1 is 1.03 bits per heavy atom. The van der Waals surface area contributed by atoms with Crippen LogP contribution in [0.15, 0.2) is 64.3 Å². The van der Waals surface area contributed by atoms with Crippen LogP contribution in [0.25, 0.3) is 11.3 Å². The van der Waals surface area contributed by atoms with Crippen molar-refractivity contribution in [2.24, 2.45) is 0 Å². The van der Waals surface area contributed by atoms with Crippen molar-refractivity contribution in [3.63, 3.8) is 0 Å². The summed E-state index contributed by atoms with van der Waals surface area (Å²) in [7, 11) is -3.60. The van der Waals surface area contributed by atoms with Gasteiger partial charge >= 0.3 is 0 Å². The lowest BCUT2D eigenvalue weighted by Crippen LogP contribution is -2.29. The summed E-state index contributed by atoms with van der Waals surface area (Å²) in [5.74, 6) is -0.381. The molecule has 0 saturated carbocycles. The maximum atomic E-state index is 13.1. The highest BCUT2D eigenvalue weighted by Gasteiger charge is 2.28. The lowest BCUT2D eigenvalue weighted by molar-refractivity contribution is -0.117. The quantitative estimate of drug-likeness (QED) is 0.602. The van der Waals surface area contributed by atoms with Crippen LogP contribution in [0.4, 0.5) is 5.69 Å². The molecule has 0 aliphatic carbocycles. The number of carbonyl (C=O) groups excluding carboxylic acids is 1. The molecule has 0 unspecified atom stereocenters. The standard InChI is InChI=1S/C24H26N4O4S/c1-17-6-5-7-20(14-17)25-23(29)16-28-24(30)11-10-21(26-28)19-9-8-18(2)22(15-19)33(31,32)27-12-3-4-13-27/h5-11,14-15H,3-4,12-13,16H2,1-2H3,(H,25,29). The highest BCUT2D eigenvalue weighted by Crippen LogP contribution is 2.27. The molecule has 2 heterocycles. The van der Waals surface area contributed by atoms with Crippen molar-refractivity contribution < 1.29 is 13.2 Å². The minimum absolute atomic E-state index is 0.235. The third-order valence-electron chi connectivity index (χ3n) is 5.63. The predicted octanol–water partition coefficient (Wildman–Crippen LogP) is 2.95. The van der Waals surface area contributed by atoms with Gasteiger partial charge in [-0.2, -0.15) is 9.40 Å². The summed E-state index contributed by atoms with van der Waals surface area (Å²) >= 11 is 0. The van der Waals surface area contributed by atoms with E-state index in [1.54, 1.807) is 31.2 Å². The smallest absolute Gasteiger partial charge is 0.267 e. The van der Waals surface area contributed by atoms with Crippen molar-refractivity contribution in [2.75, 3.05) is 18.4 Å². The van der Waals surface area contributed by atoms with E-state index in [9.17, 15) is 18.0 Å². The van der Waals surface area contributed by atoms with E-state index in [1.807, 2.05) is 25.1 Å². The number of carbonyl (C=O) groups is 1. The summed E-state index contributed by atoms with van der Waals surface area (Å²) in [6.45, 7) is 4.46. The molecule has 0 radical (unpaired) electrons. The van der Waals surface area contributed by atoms with Crippen LogP contribution in [0.5, 0.6) is 0 Å². The van der Waals surface area contributed by atoms with Gasteiger partial charge in [0.05, 0.1) is 10.6 Å². The Kier molecular flexibility index (Phi) is 6.44. The van der Waals surface area contributed by atoms with Crippen LogP contribution in [0.1, 0.15) is 24.0 Å². The number of aromatic nitrogens is 2. The number of aryl methyl sites for hydroxylation is 2. The molecular weight excluding hydrogens is 440 g/mol. The molecule has 1 N–H and O–H groups in total. The molecule has 1 saturated heterocycles. The van der Waals surface area contributed by atoms with Crippen LogP contribution in [0.3, 0.4) is 0 Å². The minimum atomic E-state index is -3.60. The number of hydrogen-bond donors (Lipinski definition) is 1. The first kappa shape index (κ1) is 22.9. The molecule has 9 heteroatoms. The lowest BCUT2D eigenvalue weighted by atomic mass is 10.1. The number of nitrogens with one attached hydrogen (secondary N) is 1. The Bertz CT molecular complexity index is 1360.